The lowest BCUT2D eigenvalue weighted by molar-refractivity contribution is -0.162. The lowest BCUT2D eigenvalue weighted by atomic mass is 9.79. The summed E-state index contributed by atoms with van der Waals surface area (Å²) in [5.74, 6) is 1.02. The van der Waals surface area contributed by atoms with Crippen molar-refractivity contribution in [1.29, 1.82) is 0 Å². The molecule has 7 heteroatoms. The van der Waals surface area contributed by atoms with Crippen LogP contribution < -0.4 is 9.47 Å². The zero-order valence-corrected chi connectivity index (χ0v) is 19.0. The van der Waals surface area contributed by atoms with Crippen molar-refractivity contribution in [3.8, 4) is 28.7 Å². The Morgan fingerprint density at radius 1 is 0.968 bits per heavy atom. The summed E-state index contributed by atoms with van der Waals surface area (Å²) < 4.78 is 19.0. The molecule has 3 heterocycles. The van der Waals surface area contributed by atoms with Gasteiger partial charge in [-0.05, 0) is 58.7 Å². The summed E-state index contributed by atoms with van der Waals surface area (Å²) in [5.41, 5.74) is 3.22. The monoisotopic (exact) mass is 422 g/mol. The Balaban J connectivity index is 1.84. The molecule has 31 heavy (non-hydrogen) atoms. The summed E-state index contributed by atoms with van der Waals surface area (Å²) in [6.07, 6.45) is 5.32. The molecule has 2 aromatic heterocycles. The lowest BCUT2D eigenvalue weighted by Gasteiger charge is -2.45. The Hall–Kier alpha value is -2.93. The lowest BCUT2D eigenvalue weighted by Crippen LogP contribution is -2.44. The number of ether oxygens (including phenoxy) is 3. The van der Waals surface area contributed by atoms with E-state index < -0.39 is 0 Å². The van der Waals surface area contributed by atoms with Crippen LogP contribution in [0.4, 0.5) is 0 Å². The maximum absolute atomic E-state index is 6.29. The van der Waals surface area contributed by atoms with Crippen LogP contribution in [0.15, 0.2) is 42.7 Å². The van der Waals surface area contributed by atoms with Gasteiger partial charge in [0.2, 0.25) is 0 Å². The second kappa shape index (κ2) is 7.96. The number of hydrogen-bond acceptors (Lipinski definition) is 6. The van der Waals surface area contributed by atoms with Gasteiger partial charge in [0, 0.05) is 23.9 Å². The van der Waals surface area contributed by atoms with Crippen LogP contribution >= 0.6 is 0 Å². The van der Waals surface area contributed by atoms with Crippen LogP contribution in [0.3, 0.4) is 0 Å². The van der Waals surface area contributed by atoms with Gasteiger partial charge in [-0.3, -0.25) is 0 Å². The van der Waals surface area contributed by atoms with Crippen LogP contribution in [0.1, 0.15) is 52.1 Å². The topological polar surface area (TPSA) is 71.3 Å². The third kappa shape index (κ3) is 4.42. The van der Waals surface area contributed by atoms with Crippen molar-refractivity contribution in [2.24, 2.45) is 0 Å². The number of benzene rings is 1. The fourth-order valence-electron chi connectivity index (χ4n) is 4.65. The fraction of sp³-hybridized carbons (Fsp3) is 0.458. The standard InChI is InChI=1S/C24H30N4O3/c1-23(2)12-16(13-24(3,4)31-23)18-11-20(17-14-25-22(30-6)26-15-17)28(27-18)19-9-7-8-10-21(19)29-5/h7-11,14-16H,12-13H2,1-6H3. The number of nitrogens with zero attached hydrogens (tertiary/aromatic N) is 4. The van der Waals surface area contributed by atoms with Gasteiger partial charge < -0.3 is 14.2 Å². The van der Waals surface area contributed by atoms with Crippen LogP contribution in [-0.2, 0) is 4.74 Å². The molecule has 7 nitrogen and oxygen atoms in total. The Kier molecular flexibility index (Phi) is 5.47. The highest BCUT2D eigenvalue weighted by atomic mass is 16.5. The zero-order chi connectivity index (χ0) is 22.2. The number of rotatable bonds is 5. The summed E-state index contributed by atoms with van der Waals surface area (Å²) in [4.78, 5) is 8.59. The average Bonchev–Trinajstić information content (AvgIpc) is 3.17. The van der Waals surface area contributed by atoms with Gasteiger partial charge in [-0.15, -0.1) is 0 Å². The highest BCUT2D eigenvalue weighted by molar-refractivity contribution is 5.63. The van der Waals surface area contributed by atoms with E-state index in [4.69, 9.17) is 19.3 Å². The number of para-hydroxylation sites is 2. The van der Waals surface area contributed by atoms with Crippen molar-refractivity contribution in [1.82, 2.24) is 19.7 Å². The van der Waals surface area contributed by atoms with Crippen molar-refractivity contribution in [2.75, 3.05) is 14.2 Å². The van der Waals surface area contributed by atoms with E-state index in [0.29, 0.717) is 6.01 Å². The first-order valence-corrected chi connectivity index (χ1v) is 10.5. The van der Waals surface area contributed by atoms with Crippen LogP contribution in [0, 0.1) is 0 Å². The van der Waals surface area contributed by atoms with Gasteiger partial charge in [-0.1, -0.05) is 12.1 Å². The minimum Gasteiger partial charge on any atom is -0.494 e. The van der Waals surface area contributed by atoms with E-state index in [1.54, 1.807) is 26.6 Å². The Bertz CT molecular complexity index is 1040. The van der Waals surface area contributed by atoms with Gasteiger partial charge in [-0.2, -0.15) is 5.10 Å². The first-order valence-electron chi connectivity index (χ1n) is 10.5. The van der Waals surface area contributed by atoms with Gasteiger partial charge in [0.25, 0.3) is 0 Å². The number of methoxy groups -OCH3 is 2. The third-order valence-electron chi connectivity index (χ3n) is 5.59. The second-order valence-corrected chi connectivity index (χ2v) is 9.22. The predicted molar refractivity (Wildman–Crippen MR) is 119 cm³/mol. The summed E-state index contributed by atoms with van der Waals surface area (Å²) >= 11 is 0. The third-order valence-corrected chi connectivity index (χ3v) is 5.59. The molecule has 3 aromatic rings. The fourth-order valence-corrected chi connectivity index (χ4v) is 4.65. The van der Waals surface area contributed by atoms with Gasteiger partial charge in [0.05, 0.1) is 36.8 Å². The molecular weight excluding hydrogens is 392 g/mol. The minimum atomic E-state index is -0.218. The van der Waals surface area contributed by atoms with E-state index in [2.05, 4.69) is 43.7 Å². The molecule has 164 valence electrons. The smallest absolute Gasteiger partial charge is 0.316 e. The van der Waals surface area contributed by atoms with Crippen LogP contribution in [0.25, 0.3) is 16.9 Å². The molecule has 0 unspecified atom stereocenters. The predicted octanol–water partition coefficient (Wildman–Crippen LogP) is 4.80. The molecule has 0 amide bonds. The first kappa shape index (κ1) is 21.3. The molecule has 1 aliphatic rings. The number of hydrogen-bond donors (Lipinski definition) is 0. The highest BCUT2D eigenvalue weighted by Crippen LogP contribution is 2.44. The molecule has 1 saturated heterocycles. The van der Waals surface area contributed by atoms with Crippen molar-refractivity contribution in [3.63, 3.8) is 0 Å². The van der Waals surface area contributed by atoms with Crippen LogP contribution in [0.5, 0.6) is 11.8 Å². The zero-order valence-electron chi connectivity index (χ0n) is 19.0. The van der Waals surface area contributed by atoms with E-state index in [1.165, 1.54) is 0 Å². The molecule has 0 saturated carbocycles. The Labute approximate surface area is 183 Å². The van der Waals surface area contributed by atoms with E-state index in [-0.39, 0.29) is 17.1 Å². The first-order chi connectivity index (χ1) is 14.7. The second-order valence-electron chi connectivity index (χ2n) is 9.22. The molecule has 1 fully saturated rings. The Morgan fingerprint density at radius 2 is 1.61 bits per heavy atom. The summed E-state index contributed by atoms with van der Waals surface area (Å²) in [5, 5.41) is 5.06. The molecule has 0 radical (unpaired) electrons. The molecule has 1 aromatic carbocycles. The molecule has 0 N–H and O–H groups in total. The van der Waals surface area contributed by atoms with Gasteiger partial charge >= 0.3 is 6.01 Å². The molecule has 0 bridgehead atoms. The van der Waals surface area contributed by atoms with Gasteiger partial charge in [0.1, 0.15) is 11.4 Å². The molecule has 0 atom stereocenters. The van der Waals surface area contributed by atoms with Crippen LogP contribution in [0.2, 0.25) is 0 Å². The minimum absolute atomic E-state index is 0.218. The van der Waals surface area contributed by atoms with Gasteiger partial charge in [-0.25, -0.2) is 14.6 Å². The molecule has 0 spiro atoms. The summed E-state index contributed by atoms with van der Waals surface area (Å²) in [6.45, 7) is 8.60. The summed E-state index contributed by atoms with van der Waals surface area (Å²) in [6, 6.07) is 10.3. The largest absolute Gasteiger partial charge is 0.494 e. The van der Waals surface area contributed by atoms with Crippen LogP contribution in [-0.4, -0.2) is 45.2 Å². The quantitative estimate of drug-likeness (QED) is 0.588. The normalized spacial score (nSPS) is 18.0. The number of aromatic nitrogens is 4. The molecular formula is C24H30N4O3. The van der Waals surface area contributed by atoms with Crippen molar-refractivity contribution < 1.29 is 14.2 Å². The maximum atomic E-state index is 6.29. The maximum Gasteiger partial charge on any atom is 0.316 e. The van der Waals surface area contributed by atoms with E-state index in [9.17, 15) is 0 Å². The molecule has 0 aliphatic carbocycles. The highest BCUT2D eigenvalue weighted by Gasteiger charge is 2.41. The molecule has 4 rings (SSSR count). The average molecular weight is 423 g/mol. The SMILES string of the molecule is COc1ncc(-c2cc(C3CC(C)(C)OC(C)(C)C3)nn2-c2ccccc2OC)cn1. The Morgan fingerprint density at radius 3 is 2.23 bits per heavy atom. The van der Waals surface area contributed by atoms with E-state index >= 15 is 0 Å². The van der Waals surface area contributed by atoms with E-state index in [0.717, 1.165) is 41.2 Å². The van der Waals surface area contributed by atoms with E-state index in [1.807, 2.05) is 28.9 Å². The van der Waals surface area contributed by atoms with Gasteiger partial charge in [0.15, 0.2) is 0 Å². The van der Waals surface area contributed by atoms with Crippen molar-refractivity contribution in [2.45, 2.75) is 57.7 Å². The van der Waals surface area contributed by atoms with Crippen molar-refractivity contribution >= 4 is 0 Å². The summed E-state index contributed by atoms with van der Waals surface area (Å²) in [7, 11) is 3.23. The van der Waals surface area contributed by atoms with Crippen molar-refractivity contribution in [3.05, 3.63) is 48.4 Å². The molecule has 1 aliphatic heterocycles.